The molecule has 6 nitrogen and oxygen atoms in total. The maximum atomic E-state index is 13.1. The van der Waals surface area contributed by atoms with Gasteiger partial charge in [-0.3, -0.25) is 0 Å². The first-order chi connectivity index (χ1) is 13.2. The number of ether oxygens (including phenoxy) is 1. The van der Waals surface area contributed by atoms with Crippen molar-refractivity contribution >= 4 is 5.95 Å². The summed E-state index contributed by atoms with van der Waals surface area (Å²) >= 11 is 0. The van der Waals surface area contributed by atoms with Crippen LogP contribution in [0.1, 0.15) is 17.7 Å². The van der Waals surface area contributed by atoms with Crippen molar-refractivity contribution in [3.63, 3.8) is 0 Å². The van der Waals surface area contributed by atoms with Crippen LogP contribution in [0.4, 0.5) is 10.3 Å². The minimum absolute atomic E-state index is 0.224. The third-order valence-corrected chi connectivity index (χ3v) is 5.28. The molecule has 5 rings (SSSR count). The average Bonchev–Trinajstić information content (AvgIpc) is 3.14. The lowest BCUT2D eigenvalue weighted by atomic mass is 9.80. The predicted octanol–water partition coefficient (Wildman–Crippen LogP) is 2.75. The average molecular weight is 363 g/mol. The van der Waals surface area contributed by atoms with Gasteiger partial charge in [0, 0.05) is 30.4 Å². The Morgan fingerprint density at radius 3 is 2.67 bits per heavy atom. The van der Waals surface area contributed by atoms with Crippen molar-refractivity contribution in [1.29, 1.82) is 0 Å². The third-order valence-electron chi connectivity index (χ3n) is 5.28. The van der Waals surface area contributed by atoms with Gasteiger partial charge in [-0.15, -0.1) is 0 Å². The van der Waals surface area contributed by atoms with Crippen molar-refractivity contribution in [2.24, 2.45) is 0 Å². The molecule has 7 heteroatoms. The smallest absolute Gasteiger partial charge is 0.225 e. The van der Waals surface area contributed by atoms with E-state index in [9.17, 15) is 4.39 Å². The van der Waals surface area contributed by atoms with E-state index in [1.807, 2.05) is 36.5 Å². The Morgan fingerprint density at radius 2 is 1.85 bits per heavy atom. The number of rotatable bonds is 2. The molecule has 1 saturated heterocycles. The van der Waals surface area contributed by atoms with Crippen LogP contribution in [-0.4, -0.2) is 39.6 Å². The second kappa shape index (κ2) is 6.35. The van der Waals surface area contributed by atoms with Gasteiger partial charge in [-0.2, -0.15) is 0 Å². The number of fused-ring (bicyclic) bond motifs is 2. The summed E-state index contributed by atoms with van der Waals surface area (Å²) in [6.45, 7) is 2.60. The minimum atomic E-state index is -0.431. The second-order valence-electron chi connectivity index (χ2n) is 7.08. The van der Waals surface area contributed by atoms with Crippen LogP contribution < -0.4 is 4.90 Å². The molecule has 0 bridgehead atoms. The van der Waals surface area contributed by atoms with Crippen LogP contribution in [-0.2, 0) is 16.8 Å². The molecule has 0 radical (unpaired) electrons. The Balaban J connectivity index is 1.51. The highest BCUT2D eigenvalue weighted by Crippen LogP contribution is 2.40. The SMILES string of the molecule is Fc1cnc(N2CCC3(COCc4cnc(-c5ccccc5)nc43)C2)nc1. The van der Waals surface area contributed by atoms with Gasteiger partial charge in [-0.05, 0) is 6.42 Å². The zero-order valence-electron chi connectivity index (χ0n) is 14.7. The molecule has 0 saturated carbocycles. The highest BCUT2D eigenvalue weighted by molar-refractivity contribution is 5.55. The first kappa shape index (κ1) is 16.3. The molecule has 27 heavy (non-hydrogen) atoms. The van der Waals surface area contributed by atoms with E-state index in [-0.39, 0.29) is 5.41 Å². The molecule has 136 valence electrons. The molecule has 1 aromatic carbocycles. The first-order valence-corrected chi connectivity index (χ1v) is 8.96. The van der Waals surface area contributed by atoms with Gasteiger partial charge in [0.2, 0.25) is 5.95 Å². The van der Waals surface area contributed by atoms with Gasteiger partial charge in [0.1, 0.15) is 0 Å². The van der Waals surface area contributed by atoms with E-state index < -0.39 is 5.82 Å². The molecule has 4 heterocycles. The standard InChI is InChI=1S/C20H18FN5O/c21-16-9-23-19(24-10-16)26-7-6-20(12-26)13-27-11-15-8-22-18(25-17(15)20)14-4-2-1-3-5-14/h1-5,8-10H,6-7,11-13H2. The van der Waals surface area contributed by atoms with E-state index in [1.165, 1.54) is 12.4 Å². The summed E-state index contributed by atoms with van der Waals surface area (Å²) in [5, 5.41) is 0. The van der Waals surface area contributed by atoms with Crippen molar-refractivity contribution in [2.45, 2.75) is 18.4 Å². The number of hydrogen-bond acceptors (Lipinski definition) is 6. The van der Waals surface area contributed by atoms with Crippen molar-refractivity contribution < 1.29 is 9.13 Å². The van der Waals surface area contributed by atoms with Crippen molar-refractivity contribution in [2.75, 3.05) is 24.6 Å². The van der Waals surface area contributed by atoms with E-state index in [4.69, 9.17) is 9.72 Å². The quantitative estimate of drug-likeness (QED) is 0.698. The lowest BCUT2D eigenvalue weighted by molar-refractivity contribution is 0.0557. The molecule has 0 N–H and O–H groups in total. The number of anilines is 1. The molecule has 1 fully saturated rings. The van der Waals surface area contributed by atoms with Gasteiger partial charge in [0.05, 0.1) is 36.7 Å². The first-order valence-electron chi connectivity index (χ1n) is 8.96. The number of halogens is 1. The van der Waals surface area contributed by atoms with Gasteiger partial charge in [-0.1, -0.05) is 30.3 Å². The number of hydrogen-bond donors (Lipinski definition) is 0. The van der Waals surface area contributed by atoms with Crippen LogP contribution in [0.25, 0.3) is 11.4 Å². The molecule has 2 aliphatic rings. The van der Waals surface area contributed by atoms with Crippen LogP contribution in [0.15, 0.2) is 48.9 Å². The fourth-order valence-corrected chi connectivity index (χ4v) is 3.95. The molecule has 1 unspecified atom stereocenters. The molecule has 2 aliphatic heterocycles. The molecular weight excluding hydrogens is 345 g/mol. The number of aromatic nitrogens is 4. The van der Waals surface area contributed by atoms with Crippen molar-refractivity contribution in [1.82, 2.24) is 19.9 Å². The van der Waals surface area contributed by atoms with Gasteiger partial charge >= 0.3 is 0 Å². The monoisotopic (exact) mass is 363 g/mol. The lowest BCUT2D eigenvalue weighted by Crippen LogP contribution is -2.40. The number of nitrogens with zero attached hydrogens (tertiary/aromatic N) is 5. The van der Waals surface area contributed by atoms with E-state index in [2.05, 4.69) is 19.9 Å². The maximum Gasteiger partial charge on any atom is 0.225 e. The molecular formula is C20H18FN5O. The Hall–Kier alpha value is -2.93. The summed E-state index contributed by atoms with van der Waals surface area (Å²) in [5.41, 5.74) is 2.85. The predicted molar refractivity (Wildman–Crippen MR) is 97.6 cm³/mol. The van der Waals surface area contributed by atoms with Crippen LogP contribution >= 0.6 is 0 Å². The van der Waals surface area contributed by atoms with Crippen molar-refractivity contribution in [3.8, 4) is 11.4 Å². The zero-order chi connectivity index (χ0) is 18.3. The van der Waals surface area contributed by atoms with Gasteiger partial charge in [0.15, 0.2) is 11.6 Å². The van der Waals surface area contributed by atoms with Crippen LogP contribution in [0.2, 0.25) is 0 Å². The normalized spacial score (nSPS) is 21.4. The van der Waals surface area contributed by atoms with Crippen LogP contribution in [0.3, 0.4) is 0 Å². The summed E-state index contributed by atoms with van der Waals surface area (Å²) < 4.78 is 19.0. The fourth-order valence-electron chi connectivity index (χ4n) is 3.95. The lowest BCUT2D eigenvalue weighted by Gasteiger charge is -2.34. The zero-order valence-corrected chi connectivity index (χ0v) is 14.7. The third kappa shape index (κ3) is 2.84. The molecule has 2 aromatic heterocycles. The highest BCUT2D eigenvalue weighted by Gasteiger charge is 2.45. The summed E-state index contributed by atoms with van der Waals surface area (Å²) in [4.78, 5) is 19.8. The molecule has 1 spiro atoms. The fraction of sp³-hybridized carbons (Fsp3) is 0.300. The minimum Gasteiger partial charge on any atom is -0.376 e. The van der Waals surface area contributed by atoms with E-state index in [1.54, 1.807) is 0 Å². The topological polar surface area (TPSA) is 64.0 Å². The van der Waals surface area contributed by atoms with E-state index >= 15 is 0 Å². The van der Waals surface area contributed by atoms with Gasteiger partial charge in [-0.25, -0.2) is 24.3 Å². The molecule has 3 aromatic rings. The summed E-state index contributed by atoms with van der Waals surface area (Å²) in [5.74, 6) is 0.837. The summed E-state index contributed by atoms with van der Waals surface area (Å²) in [6.07, 6.45) is 5.16. The Kier molecular flexibility index (Phi) is 3.82. The Bertz CT molecular complexity index is 966. The second-order valence-corrected chi connectivity index (χ2v) is 7.08. The van der Waals surface area contributed by atoms with E-state index in [0.29, 0.717) is 25.7 Å². The molecule has 0 amide bonds. The maximum absolute atomic E-state index is 13.1. The van der Waals surface area contributed by atoms with Gasteiger partial charge < -0.3 is 9.64 Å². The highest BCUT2D eigenvalue weighted by atomic mass is 19.1. The van der Waals surface area contributed by atoms with Crippen molar-refractivity contribution in [3.05, 3.63) is 66.0 Å². The molecule has 0 aliphatic carbocycles. The largest absolute Gasteiger partial charge is 0.376 e. The van der Waals surface area contributed by atoms with Crippen LogP contribution in [0, 0.1) is 5.82 Å². The molecule has 1 atom stereocenters. The van der Waals surface area contributed by atoms with Gasteiger partial charge in [0.25, 0.3) is 0 Å². The number of benzene rings is 1. The Labute approximate surface area is 156 Å². The van der Waals surface area contributed by atoms with Crippen LogP contribution in [0.5, 0.6) is 0 Å². The Morgan fingerprint density at radius 1 is 1.04 bits per heavy atom. The van der Waals surface area contributed by atoms with E-state index in [0.717, 1.165) is 35.6 Å². The summed E-state index contributed by atoms with van der Waals surface area (Å²) in [7, 11) is 0. The summed E-state index contributed by atoms with van der Waals surface area (Å²) in [6, 6.07) is 9.98.